The van der Waals surface area contributed by atoms with Crippen LogP contribution in [0.15, 0.2) is 18.2 Å². The van der Waals surface area contributed by atoms with E-state index in [-0.39, 0.29) is 24.4 Å². The smallest absolute Gasteiger partial charge is 0.303 e. The van der Waals surface area contributed by atoms with Crippen LogP contribution in [-0.4, -0.2) is 28.5 Å². The Hall–Kier alpha value is -2.51. The topological polar surface area (TPSA) is 110 Å². The average Bonchev–Trinajstić information content (AvgIpc) is 2.42. The first-order valence-corrected chi connectivity index (χ1v) is 6.25. The Kier molecular flexibility index (Phi) is 5.77. The molecule has 2 N–H and O–H groups in total. The van der Waals surface area contributed by atoms with Crippen LogP contribution >= 0.6 is 0 Å². The van der Waals surface area contributed by atoms with Gasteiger partial charge in [0.15, 0.2) is 0 Å². The van der Waals surface area contributed by atoms with Crippen molar-refractivity contribution in [3.05, 3.63) is 39.7 Å². The quantitative estimate of drug-likeness (QED) is 0.590. The largest absolute Gasteiger partial charge is 0.481 e. The van der Waals surface area contributed by atoms with Crippen LogP contribution in [0.1, 0.15) is 30.1 Å². The van der Waals surface area contributed by atoms with Gasteiger partial charge < -0.3 is 10.4 Å². The molecule has 0 aliphatic carbocycles. The Morgan fingerprint density at radius 1 is 1.48 bits per heavy atom. The molecule has 7 nitrogen and oxygen atoms in total. The molecule has 8 heteroatoms. The number of carbonyl (C=O) groups excluding carboxylic acids is 1. The molecule has 1 unspecified atom stereocenters. The van der Waals surface area contributed by atoms with E-state index in [2.05, 4.69) is 5.32 Å². The normalized spacial score (nSPS) is 11.7. The maximum Gasteiger partial charge on any atom is 0.303 e. The number of aliphatic carboxylic acids is 1. The minimum Gasteiger partial charge on any atom is -0.481 e. The number of benzene rings is 1. The maximum atomic E-state index is 13.0. The summed E-state index contributed by atoms with van der Waals surface area (Å²) in [5.41, 5.74) is -0.836. The summed E-state index contributed by atoms with van der Waals surface area (Å²) in [6, 6.07) is 2.70. The van der Waals surface area contributed by atoms with Crippen molar-refractivity contribution < 1.29 is 24.0 Å². The van der Waals surface area contributed by atoms with Crippen LogP contribution in [0.5, 0.6) is 0 Å². The molecule has 0 fully saturated rings. The summed E-state index contributed by atoms with van der Waals surface area (Å²) >= 11 is 0. The van der Waals surface area contributed by atoms with E-state index < -0.39 is 28.3 Å². The fourth-order valence-electron chi connectivity index (χ4n) is 1.68. The molecule has 0 aliphatic rings. The third kappa shape index (κ3) is 5.17. The number of nitrogens with zero attached hydrogens (tertiary/aromatic N) is 1. The van der Waals surface area contributed by atoms with E-state index >= 15 is 0 Å². The number of nitro benzene ring substituents is 1. The lowest BCUT2D eigenvalue weighted by Gasteiger charge is -2.11. The molecule has 0 spiro atoms. The van der Waals surface area contributed by atoms with Crippen molar-refractivity contribution in [3.8, 4) is 0 Å². The molecule has 1 aromatic carbocycles. The number of carbonyl (C=O) groups is 2. The summed E-state index contributed by atoms with van der Waals surface area (Å²) in [5.74, 6) is -2.51. The van der Waals surface area contributed by atoms with Crippen LogP contribution in [0.3, 0.4) is 0 Å². The Morgan fingerprint density at radius 3 is 2.71 bits per heavy atom. The molecule has 0 heterocycles. The van der Waals surface area contributed by atoms with Gasteiger partial charge in [-0.1, -0.05) is 6.92 Å². The lowest BCUT2D eigenvalue weighted by molar-refractivity contribution is -0.385. The number of carboxylic acids is 1. The number of halogens is 1. The molecule has 0 aliphatic heterocycles. The lowest BCUT2D eigenvalue weighted by atomic mass is 10.1. The predicted molar refractivity (Wildman–Crippen MR) is 71.4 cm³/mol. The van der Waals surface area contributed by atoms with Gasteiger partial charge in [0.05, 0.1) is 11.0 Å². The minimum atomic E-state index is -0.928. The maximum absolute atomic E-state index is 13.0. The monoisotopic (exact) mass is 298 g/mol. The van der Waals surface area contributed by atoms with E-state index in [1.165, 1.54) is 0 Å². The van der Waals surface area contributed by atoms with Gasteiger partial charge in [-0.2, -0.15) is 0 Å². The van der Waals surface area contributed by atoms with Gasteiger partial charge in [0.25, 0.3) is 11.6 Å². The average molecular weight is 298 g/mol. The Bertz CT molecular complexity index is 561. The molecule has 0 bridgehead atoms. The highest BCUT2D eigenvalue weighted by Crippen LogP contribution is 2.19. The van der Waals surface area contributed by atoms with Crippen molar-refractivity contribution in [2.24, 2.45) is 5.92 Å². The second-order valence-corrected chi connectivity index (χ2v) is 4.67. The summed E-state index contributed by atoms with van der Waals surface area (Å²) < 4.78 is 13.0. The van der Waals surface area contributed by atoms with Gasteiger partial charge in [0.2, 0.25) is 0 Å². The summed E-state index contributed by atoms with van der Waals surface area (Å²) in [6.45, 7) is 1.93. The molecule has 1 amide bonds. The van der Waals surface area contributed by atoms with Gasteiger partial charge in [-0.15, -0.1) is 0 Å². The van der Waals surface area contributed by atoms with Crippen molar-refractivity contribution in [2.75, 3.05) is 6.54 Å². The highest BCUT2D eigenvalue weighted by Gasteiger charge is 2.21. The van der Waals surface area contributed by atoms with E-state index in [9.17, 15) is 24.1 Å². The number of hydrogen-bond donors (Lipinski definition) is 2. The molecule has 114 valence electrons. The standard InChI is InChI=1S/C13H15FN2O5/c1-8(2-5-12(17)18)7-15-13(19)10-4-3-9(14)6-11(10)16(20)21/h3-4,6,8H,2,5,7H2,1H3,(H,15,19)(H,17,18). The number of rotatable bonds is 7. The van der Waals surface area contributed by atoms with Gasteiger partial charge in [-0.05, 0) is 24.5 Å². The fraction of sp³-hybridized carbons (Fsp3) is 0.385. The van der Waals surface area contributed by atoms with Gasteiger partial charge in [-0.25, -0.2) is 4.39 Å². The number of amides is 1. The van der Waals surface area contributed by atoms with Crippen LogP contribution < -0.4 is 5.32 Å². The van der Waals surface area contributed by atoms with E-state index in [4.69, 9.17) is 5.11 Å². The number of hydrogen-bond acceptors (Lipinski definition) is 4. The van der Waals surface area contributed by atoms with Crippen LogP contribution in [-0.2, 0) is 4.79 Å². The highest BCUT2D eigenvalue weighted by atomic mass is 19.1. The SMILES string of the molecule is CC(CCC(=O)O)CNC(=O)c1ccc(F)cc1[N+](=O)[O-]. The van der Waals surface area contributed by atoms with Gasteiger partial charge >= 0.3 is 5.97 Å². The van der Waals surface area contributed by atoms with E-state index in [0.717, 1.165) is 12.1 Å². The predicted octanol–water partition coefficient (Wildman–Crippen LogP) is 1.96. The Labute approximate surface area is 119 Å². The van der Waals surface area contributed by atoms with Crippen molar-refractivity contribution >= 4 is 17.6 Å². The molecule has 0 saturated heterocycles. The zero-order valence-electron chi connectivity index (χ0n) is 11.3. The first-order valence-electron chi connectivity index (χ1n) is 6.25. The molecule has 0 saturated carbocycles. The van der Waals surface area contributed by atoms with Crippen LogP contribution in [0, 0.1) is 21.8 Å². The van der Waals surface area contributed by atoms with Crippen LogP contribution in [0.4, 0.5) is 10.1 Å². The first kappa shape index (κ1) is 16.5. The lowest BCUT2D eigenvalue weighted by Crippen LogP contribution is -2.29. The number of carboxylic acid groups (broad SMARTS) is 1. The summed E-state index contributed by atoms with van der Waals surface area (Å²) in [6.07, 6.45) is 0.356. The third-order valence-electron chi connectivity index (χ3n) is 2.86. The zero-order valence-corrected chi connectivity index (χ0v) is 11.3. The third-order valence-corrected chi connectivity index (χ3v) is 2.86. The Morgan fingerprint density at radius 2 is 2.14 bits per heavy atom. The van der Waals surface area contributed by atoms with Crippen LogP contribution in [0.2, 0.25) is 0 Å². The van der Waals surface area contributed by atoms with Crippen LogP contribution in [0.25, 0.3) is 0 Å². The fourth-order valence-corrected chi connectivity index (χ4v) is 1.68. The van der Waals surface area contributed by atoms with Gasteiger partial charge in [0.1, 0.15) is 11.4 Å². The summed E-state index contributed by atoms with van der Waals surface area (Å²) in [7, 11) is 0. The molecular weight excluding hydrogens is 283 g/mol. The molecule has 1 aromatic rings. The summed E-state index contributed by atoms with van der Waals surface area (Å²) in [5, 5.41) is 21.8. The highest BCUT2D eigenvalue weighted by molar-refractivity contribution is 5.98. The number of nitrogens with one attached hydrogen (secondary N) is 1. The second kappa shape index (κ2) is 7.32. The van der Waals surface area contributed by atoms with Gasteiger partial charge in [0, 0.05) is 13.0 Å². The Balaban J connectivity index is 2.68. The first-order chi connectivity index (χ1) is 9.81. The van der Waals surface area contributed by atoms with E-state index in [0.29, 0.717) is 12.5 Å². The minimum absolute atomic E-state index is 0.0201. The van der Waals surface area contributed by atoms with Crippen molar-refractivity contribution in [3.63, 3.8) is 0 Å². The van der Waals surface area contributed by atoms with Gasteiger partial charge in [-0.3, -0.25) is 19.7 Å². The molecule has 0 radical (unpaired) electrons. The second-order valence-electron chi connectivity index (χ2n) is 4.67. The molecule has 21 heavy (non-hydrogen) atoms. The van der Waals surface area contributed by atoms with Crippen molar-refractivity contribution in [1.29, 1.82) is 0 Å². The van der Waals surface area contributed by atoms with Crippen molar-refractivity contribution in [1.82, 2.24) is 5.32 Å². The molecular formula is C13H15FN2O5. The molecule has 1 rings (SSSR count). The summed E-state index contributed by atoms with van der Waals surface area (Å²) in [4.78, 5) is 32.2. The zero-order chi connectivity index (χ0) is 16.0. The van der Waals surface area contributed by atoms with E-state index in [1.54, 1.807) is 6.92 Å². The molecule has 0 aromatic heterocycles. The molecule has 1 atom stereocenters. The number of nitro groups is 1. The van der Waals surface area contributed by atoms with E-state index in [1.807, 2.05) is 0 Å². The van der Waals surface area contributed by atoms with Crippen molar-refractivity contribution in [2.45, 2.75) is 19.8 Å².